The van der Waals surface area contributed by atoms with Crippen molar-refractivity contribution in [3.63, 3.8) is 0 Å². The van der Waals surface area contributed by atoms with Gasteiger partial charge in [0.05, 0.1) is 24.9 Å². The maximum Gasteiger partial charge on any atom is 0.232 e. The third-order valence-corrected chi connectivity index (χ3v) is 6.10. The van der Waals surface area contributed by atoms with Crippen LogP contribution < -0.4 is 4.90 Å². The summed E-state index contributed by atoms with van der Waals surface area (Å²) in [6, 6.07) is 10.6. The highest BCUT2D eigenvalue weighted by molar-refractivity contribution is 5.68. The van der Waals surface area contributed by atoms with Gasteiger partial charge in [0.2, 0.25) is 5.88 Å². The lowest BCUT2D eigenvalue weighted by atomic mass is 10.0. The smallest absolute Gasteiger partial charge is 0.232 e. The van der Waals surface area contributed by atoms with E-state index in [0.717, 1.165) is 55.1 Å². The fourth-order valence-corrected chi connectivity index (χ4v) is 4.42. The molecule has 1 aliphatic heterocycles. The summed E-state index contributed by atoms with van der Waals surface area (Å²) >= 11 is 0. The molecule has 0 aliphatic carbocycles. The highest BCUT2D eigenvalue weighted by atomic mass is 16.5. The Morgan fingerprint density at radius 2 is 2.15 bits per heavy atom. The van der Waals surface area contributed by atoms with E-state index in [1.165, 1.54) is 6.42 Å². The molecule has 1 aromatic carbocycles. The molecule has 0 amide bonds. The quantitative estimate of drug-likeness (QED) is 0.338. The molecule has 182 valence electrons. The Labute approximate surface area is 198 Å². The van der Waals surface area contributed by atoms with Crippen LogP contribution in [0.5, 0.6) is 0 Å². The lowest BCUT2D eigenvalue weighted by Crippen LogP contribution is -2.39. The molecule has 1 fully saturated rings. The predicted octanol–water partition coefficient (Wildman–Crippen LogP) is 4.12. The second-order valence-corrected chi connectivity index (χ2v) is 8.78. The van der Waals surface area contributed by atoms with Crippen LogP contribution in [0.1, 0.15) is 38.2 Å². The van der Waals surface area contributed by atoms with Crippen LogP contribution in [0.2, 0.25) is 0 Å². The van der Waals surface area contributed by atoms with Gasteiger partial charge in [-0.15, -0.1) is 6.58 Å². The number of aliphatic hydroxyl groups is 1. The first-order valence-corrected chi connectivity index (χ1v) is 12.0. The third kappa shape index (κ3) is 7.40. The molecule has 0 saturated carbocycles. The number of methoxy groups -OCH3 is 1. The summed E-state index contributed by atoms with van der Waals surface area (Å²) in [5.41, 5.74) is 2.99. The normalized spacial score (nSPS) is 17.5. The van der Waals surface area contributed by atoms with E-state index < -0.39 is 6.10 Å². The minimum atomic E-state index is -0.593. The number of nitrogens with zero attached hydrogens (tertiary/aromatic N) is 3. The van der Waals surface area contributed by atoms with Gasteiger partial charge in [-0.1, -0.05) is 41.6 Å². The Hall–Kier alpha value is -2.19. The number of aromatic nitrogens is 1. The second-order valence-electron chi connectivity index (χ2n) is 8.78. The zero-order valence-corrected chi connectivity index (χ0v) is 20.1. The first-order valence-electron chi connectivity index (χ1n) is 12.0. The van der Waals surface area contributed by atoms with Crippen LogP contribution in [-0.2, 0) is 16.0 Å². The number of anilines is 1. The van der Waals surface area contributed by atoms with Crippen molar-refractivity contribution in [1.82, 2.24) is 10.1 Å². The average Bonchev–Trinajstić information content (AvgIpc) is 3.23. The summed E-state index contributed by atoms with van der Waals surface area (Å²) in [6.07, 6.45) is 5.52. The molecule has 1 aromatic heterocycles. The zero-order chi connectivity index (χ0) is 23.5. The Morgan fingerprint density at radius 1 is 1.33 bits per heavy atom. The summed E-state index contributed by atoms with van der Waals surface area (Å²) in [7, 11) is 1.71. The average molecular weight is 458 g/mol. The van der Waals surface area contributed by atoms with Crippen molar-refractivity contribution in [1.29, 1.82) is 0 Å². The molecule has 0 bridgehead atoms. The zero-order valence-electron chi connectivity index (χ0n) is 20.1. The molecule has 1 saturated heterocycles. The van der Waals surface area contributed by atoms with Crippen LogP contribution in [0.4, 0.5) is 5.88 Å². The maximum absolute atomic E-state index is 10.6. The molecular weight excluding hydrogens is 418 g/mol. The minimum Gasteiger partial charge on any atom is -0.389 e. The van der Waals surface area contributed by atoms with E-state index in [4.69, 9.17) is 14.0 Å². The van der Waals surface area contributed by atoms with Crippen molar-refractivity contribution in [2.45, 2.75) is 51.3 Å². The Morgan fingerprint density at radius 3 is 2.88 bits per heavy atom. The van der Waals surface area contributed by atoms with Gasteiger partial charge in [0.15, 0.2) is 0 Å². The van der Waals surface area contributed by atoms with Gasteiger partial charge in [-0.3, -0.25) is 4.90 Å². The van der Waals surface area contributed by atoms with Gasteiger partial charge in [0.1, 0.15) is 5.69 Å². The van der Waals surface area contributed by atoms with Crippen molar-refractivity contribution < 1.29 is 19.1 Å². The van der Waals surface area contributed by atoms with E-state index in [1.807, 2.05) is 18.2 Å². The topological polar surface area (TPSA) is 71.2 Å². The van der Waals surface area contributed by atoms with Crippen molar-refractivity contribution >= 4 is 5.88 Å². The molecule has 2 atom stereocenters. The molecule has 7 heteroatoms. The summed E-state index contributed by atoms with van der Waals surface area (Å²) < 4.78 is 16.7. The first kappa shape index (κ1) is 25.4. The number of ether oxygens (including phenoxy) is 2. The van der Waals surface area contributed by atoms with E-state index in [-0.39, 0.29) is 6.61 Å². The van der Waals surface area contributed by atoms with E-state index >= 15 is 0 Å². The van der Waals surface area contributed by atoms with Gasteiger partial charge in [0, 0.05) is 51.5 Å². The van der Waals surface area contributed by atoms with Crippen LogP contribution in [0.25, 0.3) is 11.3 Å². The van der Waals surface area contributed by atoms with E-state index in [9.17, 15) is 5.11 Å². The molecule has 1 N–H and O–H groups in total. The van der Waals surface area contributed by atoms with Crippen molar-refractivity contribution in [3.05, 3.63) is 48.6 Å². The standard InChI is InChI=1S/C26H39N3O4/c1-4-16-32-20-23(30)18-28(14-10-17-31-3)19-24-25(22-12-6-5-7-13-22)27-33-26(24)29-15-9-8-11-21(29)2/h4-7,12-13,21,23,30H,1,8-11,14-20H2,2-3H3/t21-,23+/m0/s1. The molecule has 1 aliphatic rings. The number of piperidine rings is 1. The Balaban J connectivity index is 1.86. The van der Waals surface area contributed by atoms with E-state index in [0.29, 0.717) is 32.3 Å². The monoisotopic (exact) mass is 457 g/mol. The lowest BCUT2D eigenvalue weighted by molar-refractivity contribution is 0.0230. The number of aliphatic hydroxyl groups excluding tert-OH is 1. The first-order chi connectivity index (χ1) is 16.1. The van der Waals surface area contributed by atoms with Crippen LogP contribution >= 0.6 is 0 Å². The van der Waals surface area contributed by atoms with Gasteiger partial charge >= 0.3 is 0 Å². The number of hydrogen-bond donors (Lipinski definition) is 1. The Bertz CT molecular complexity index is 826. The van der Waals surface area contributed by atoms with E-state index in [1.54, 1.807) is 13.2 Å². The fraction of sp³-hybridized carbons (Fsp3) is 0.577. The van der Waals surface area contributed by atoms with Gasteiger partial charge in [-0.05, 0) is 32.6 Å². The lowest BCUT2D eigenvalue weighted by Gasteiger charge is -2.34. The molecule has 0 unspecified atom stereocenters. The summed E-state index contributed by atoms with van der Waals surface area (Å²) in [4.78, 5) is 4.60. The summed E-state index contributed by atoms with van der Waals surface area (Å²) in [5.74, 6) is 0.857. The SMILES string of the molecule is C=CCOC[C@H](O)CN(CCCOC)Cc1c(-c2ccccc2)noc1N1CCCC[C@@H]1C. The van der Waals surface area contributed by atoms with Gasteiger partial charge in [-0.25, -0.2) is 0 Å². The third-order valence-electron chi connectivity index (χ3n) is 6.10. The molecule has 0 spiro atoms. The van der Waals surface area contributed by atoms with Gasteiger partial charge in [-0.2, -0.15) is 0 Å². The Kier molecular flexibility index (Phi) is 10.4. The van der Waals surface area contributed by atoms with Crippen molar-refractivity contribution in [2.75, 3.05) is 51.5 Å². The predicted molar refractivity (Wildman–Crippen MR) is 131 cm³/mol. The molecule has 2 heterocycles. The summed E-state index contributed by atoms with van der Waals surface area (Å²) in [5, 5.41) is 15.1. The van der Waals surface area contributed by atoms with Crippen molar-refractivity contribution in [2.24, 2.45) is 0 Å². The van der Waals surface area contributed by atoms with Gasteiger partial charge < -0.3 is 24.0 Å². The fourth-order valence-electron chi connectivity index (χ4n) is 4.42. The highest BCUT2D eigenvalue weighted by Gasteiger charge is 2.29. The molecule has 33 heavy (non-hydrogen) atoms. The molecule has 3 rings (SSSR count). The van der Waals surface area contributed by atoms with Gasteiger partial charge in [0.25, 0.3) is 0 Å². The second kappa shape index (κ2) is 13.5. The summed E-state index contributed by atoms with van der Waals surface area (Å²) in [6.45, 7) is 10.2. The maximum atomic E-state index is 10.6. The van der Waals surface area contributed by atoms with Crippen LogP contribution in [0.3, 0.4) is 0 Å². The minimum absolute atomic E-state index is 0.276. The number of rotatable bonds is 14. The van der Waals surface area contributed by atoms with Crippen LogP contribution in [0.15, 0.2) is 47.5 Å². The van der Waals surface area contributed by atoms with E-state index in [2.05, 4.69) is 40.6 Å². The highest BCUT2D eigenvalue weighted by Crippen LogP contribution is 2.35. The largest absolute Gasteiger partial charge is 0.389 e. The molecular formula is C26H39N3O4. The molecule has 2 aromatic rings. The van der Waals surface area contributed by atoms with Crippen LogP contribution in [0, 0.1) is 0 Å². The van der Waals surface area contributed by atoms with Crippen molar-refractivity contribution in [3.8, 4) is 11.3 Å². The molecule has 0 radical (unpaired) electrons. The number of benzene rings is 1. The molecule has 7 nitrogen and oxygen atoms in total. The van der Waals surface area contributed by atoms with Crippen LogP contribution in [-0.4, -0.2) is 73.9 Å². The number of hydrogen-bond acceptors (Lipinski definition) is 7.